The van der Waals surface area contributed by atoms with E-state index in [1.54, 1.807) is 68.6 Å². The van der Waals surface area contributed by atoms with E-state index in [1.165, 1.54) is 4.90 Å². The van der Waals surface area contributed by atoms with Gasteiger partial charge in [-0.25, -0.2) is 0 Å². The maximum Gasteiger partial charge on any atom is 0.471 e. The molecule has 0 spiro atoms. The number of carbonyl (C=O) groups is 3. The van der Waals surface area contributed by atoms with E-state index in [2.05, 4.69) is 21.9 Å². The van der Waals surface area contributed by atoms with E-state index in [9.17, 15) is 27.6 Å². The van der Waals surface area contributed by atoms with Crippen LogP contribution in [-0.2, 0) is 19.1 Å². The molecule has 0 fully saturated rings. The molecule has 0 saturated carbocycles. The van der Waals surface area contributed by atoms with Gasteiger partial charge >= 0.3 is 18.1 Å². The lowest BCUT2D eigenvalue weighted by atomic mass is 10.1. The number of methoxy groups -OCH3 is 1. The van der Waals surface area contributed by atoms with Crippen LogP contribution in [0.2, 0.25) is 0 Å². The molecule has 0 radical (unpaired) electrons. The molecule has 0 heterocycles. The molecule has 0 saturated heterocycles. The van der Waals surface area contributed by atoms with Gasteiger partial charge in [0.2, 0.25) is 5.91 Å². The highest BCUT2D eigenvalue weighted by Crippen LogP contribution is 2.23. The molecule has 0 aliphatic rings. The number of anilines is 2. The Morgan fingerprint density at radius 1 is 1.13 bits per heavy atom. The number of hydrogen-bond acceptors (Lipinski definition) is 6. The SMILES string of the molecule is COC(=O)CC(NC(=O)C(F)(F)F)C(=O)N(c1ccc(C#CCNc2ccc(C(=N)N)cc2)c(C)c1)C(C)C. The number of halogens is 3. The Morgan fingerprint density at radius 3 is 2.28 bits per heavy atom. The third kappa shape index (κ3) is 8.77. The number of rotatable bonds is 9. The van der Waals surface area contributed by atoms with Gasteiger partial charge in [0.05, 0.1) is 20.1 Å². The highest BCUT2D eigenvalue weighted by molar-refractivity contribution is 6.02. The summed E-state index contributed by atoms with van der Waals surface area (Å²) < 4.78 is 43.1. The fourth-order valence-corrected chi connectivity index (χ4v) is 3.53. The third-order valence-corrected chi connectivity index (χ3v) is 5.50. The number of amidine groups is 1. The zero-order chi connectivity index (χ0) is 29.3. The molecule has 2 rings (SSSR count). The van der Waals surface area contributed by atoms with Gasteiger partial charge < -0.3 is 26.0 Å². The fourth-order valence-electron chi connectivity index (χ4n) is 3.53. The summed E-state index contributed by atoms with van der Waals surface area (Å²) in [6, 6.07) is 9.59. The van der Waals surface area contributed by atoms with Gasteiger partial charge in [-0.2, -0.15) is 13.2 Å². The van der Waals surface area contributed by atoms with Crippen LogP contribution in [0.15, 0.2) is 42.5 Å². The Morgan fingerprint density at radius 2 is 1.77 bits per heavy atom. The Kier molecular flexibility index (Phi) is 10.5. The molecule has 208 valence electrons. The molecule has 2 aromatic rings. The Hall–Kier alpha value is -4.53. The van der Waals surface area contributed by atoms with E-state index < -0.39 is 42.5 Å². The number of ether oxygens (including phenoxy) is 1. The second-order valence-corrected chi connectivity index (χ2v) is 8.75. The van der Waals surface area contributed by atoms with Gasteiger partial charge in [-0.05, 0) is 68.8 Å². The van der Waals surface area contributed by atoms with Crippen LogP contribution in [0.4, 0.5) is 24.5 Å². The fraction of sp³-hybridized carbons (Fsp3) is 0.333. The number of amides is 2. The number of benzene rings is 2. The lowest BCUT2D eigenvalue weighted by molar-refractivity contribution is -0.175. The average Bonchev–Trinajstić information content (AvgIpc) is 2.86. The van der Waals surface area contributed by atoms with Crippen molar-refractivity contribution in [2.24, 2.45) is 5.73 Å². The number of hydrogen-bond donors (Lipinski definition) is 4. The Balaban J connectivity index is 2.22. The van der Waals surface area contributed by atoms with Crippen LogP contribution in [0.25, 0.3) is 0 Å². The molecular weight excluding hydrogens is 515 g/mol. The lowest BCUT2D eigenvalue weighted by Crippen LogP contribution is -2.54. The summed E-state index contributed by atoms with van der Waals surface area (Å²) in [6.45, 7) is 5.39. The number of nitrogens with zero attached hydrogens (tertiary/aromatic N) is 1. The van der Waals surface area contributed by atoms with Crippen LogP contribution in [0.3, 0.4) is 0 Å². The summed E-state index contributed by atoms with van der Waals surface area (Å²) in [7, 11) is 1.03. The summed E-state index contributed by atoms with van der Waals surface area (Å²) in [5.41, 5.74) is 8.58. The maximum absolute atomic E-state index is 13.3. The number of carbonyl (C=O) groups excluding carboxylic acids is 3. The van der Waals surface area contributed by atoms with Crippen LogP contribution in [0.5, 0.6) is 0 Å². The van der Waals surface area contributed by atoms with Crippen LogP contribution in [-0.4, -0.2) is 55.5 Å². The molecule has 1 unspecified atom stereocenters. The number of nitrogens with one attached hydrogen (secondary N) is 3. The average molecular weight is 546 g/mol. The van der Waals surface area contributed by atoms with Crippen LogP contribution in [0, 0.1) is 24.2 Å². The third-order valence-electron chi connectivity index (χ3n) is 5.50. The van der Waals surface area contributed by atoms with Crippen molar-refractivity contribution in [3.63, 3.8) is 0 Å². The van der Waals surface area contributed by atoms with E-state index in [-0.39, 0.29) is 5.84 Å². The van der Waals surface area contributed by atoms with Crippen LogP contribution < -0.4 is 21.3 Å². The molecule has 9 nitrogen and oxygen atoms in total. The quantitative estimate of drug-likeness (QED) is 0.165. The molecule has 5 N–H and O–H groups in total. The van der Waals surface area contributed by atoms with Gasteiger partial charge in [0.25, 0.3) is 0 Å². The van der Waals surface area contributed by atoms with Crippen LogP contribution >= 0.6 is 0 Å². The monoisotopic (exact) mass is 545 g/mol. The van der Waals surface area contributed by atoms with E-state index >= 15 is 0 Å². The first kappa shape index (κ1) is 30.7. The van der Waals surface area contributed by atoms with Crippen LogP contribution in [0.1, 0.15) is 37.0 Å². The van der Waals surface area contributed by atoms with Crippen molar-refractivity contribution in [3.8, 4) is 11.8 Å². The van der Waals surface area contributed by atoms with Gasteiger partial charge in [0, 0.05) is 28.5 Å². The number of aryl methyl sites for hydroxylation is 1. The van der Waals surface area contributed by atoms with E-state index in [4.69, 9.17) is 11.1 Å². The zero-order valence-corrected chi connectivity index (χ0v) is 21.9. The normalized spacial score (nSPS) is 11.6. The first-order chi connectivity index (χ1) is 18.2. The number of nitrogen functional groups attached to an aromatic ring is 1. The number of alkyl halides is 3. The van der Waals surface area contributed by atoms with Gasteiger partial charge in [-0.3, -0.25) is 19.8 Å². The van der Waals surface area contributed by atoms with Crippen molar-refractivity contribution in [1.82, 2.24) is 5.32 Å². The largest absolute Gasteiger partial charge is 0.471 e. The molecule has 0 bridgehead atoms. The molecule has 12 heteroatoms. The minimum atomic E-state index is -5.24. The molecule has 2 amide bonds. The zero-order valence-electron chi connectivity index (χ0n) is 21.9. The first-order valence-electron chi connectivity index (χ1n) is 11.8. The predicted molar refractivity (Wildman–Crippen MR) is 141 cm³/mol. The molecule has 0 aromatic heterocycles. The number of esters is 1. The van der Waals surface area contributed by atoms with E-state index in [1.807, 2.05) is 0 Å². The van der Waals surface area contributed by atoms with E-state index in [0.717, 1.165) is 12.8 Å². The van der Waals surface area contributed by atoms with Crippen molar-refractivity contribution in [3.05, 3.63) is 59.2 Å². The molecule has 1 atom stereocenters. The van der Waals surface area contributed by atoms with Crippen molar-refractivity contribution < 1.29 is 32.3 Å². The topological polar surface area (TPSA) is 138 Å². The van der Waals surface area contributed by atoms with Crippen molar-refractivity contribution in [2.45, 2.75) is 45.5 Å². The summed E-state index contributed by atoms with van der Waals surface area (Å²) in [5.74, 6) is 1.80. The summed E-state index contributed by atoms with van der Waals surface area (Å²) in [5, 5.41) is 12.2. The summed E-state index contributed by atoms with van der Waals surface area (Å²) >= 11 is 0. The molecule has 0 aliphatic carbocycles. The first-order valence-corrected chi connectivity index (χ1v) is 11.8. The molecule has 2 aromatic carbocycles. The summed E-state index contributed by atoms with van der Waals surface area (Å²) in [4.78, 5) is 37.8. The van der Waals surface area contributed by atoms with Crippen molar-refractivity contribution >= 4 is 35.0 Å². The van der Waals surface area contributed by atoms with Gasteiger partial charge in [-0.1, -0.05) is 11.8 Å². The van der Waals surface area contributed by atoms with E-state index in [0.29, 0.717) is 28.9 Å². The predicted octanol–water partition coefficient (Wildman–Crippen LogP) is 3.09. The molecular formula is C27H30F3N5O4. The smallest absolute Gasteiger partial charge is 0.469 e. The number of nitrogens with two attached hydrogens (primary N) is 1. The van der Waals surface area contributed by atoms with Crippen molar-refractivity contribution in [1.29, 1.82) is 5.41 Å². The van der Waals surface area contributed by atoms with Gasteiger partial charge in [0.15, 0.2) is 0 Å². The Labute approximate surface area is 224 Å². The maximum atomic E-state index is 13.3. The minimum Gasteiger partial charge on any atom is -0.469 e. The Bertz CT molecular complexity index is 1280. The standard InChI is InChI=1S/C27H30F3N5O4/c1-16(2)35(25(37)22(15-23(36)39-4)34-26(38)27(28,29)30)21-12-9-18(17(3)14-21)6-5-13-33-20-10-7-19(8-11-20)24(31)32/h7-12,14,16,22,33H,13,15H2,1-4H3,(H3,31,32)(H,34,38). The second kappa shape index (κ2) is 13.3. The highest BCUT2D eigenvalue weighted by Gasteiger charge is 2.42. The second-order valence-electron chi connectivity index (χ2n) is 8.75. The molecule has 39 heavy (non-hydrogen) atoms. The molecule has 0 aliphatic heterocycles. The highest BCUT2D eigenvalue weighted by atomic mass is 19.4. The van der Waals surface area contributed by atoms with Gasteiger partial charge in [0.1, 0.15) is 11.9 Å². The van der Waals surface area contributed by atoms with Crippen molar-refractivity contribution in [2.75, 3.05) is 23.9 Å². The van der Waals surface area contributed by atoms with Gasteiger partial charge in [-0.15, -0.1) is 0 Å². The minimum absolute atomic E-state index is 0.0250. The lowest BCUT2D eigenvalue weighted by Gasteiger charge is -2.31. The summed E-state index contributed by atoms with van der Waals surface area (Å²) in [6.07, 6.45) is -6.01.